The molecule has 0 saturated carbocycles. The molecule has 0 aliphatic carbocycles. The Morgan fingerprint density at radius 2 is 2.00 bits per heavy atom. The zero-order valence-electron chi connectivity index (χ0n) is 16.8. The molecule has 1 aliphatic heterocycles. The molecular weight excluding hydrogens is 459 g/mol. The highest BCUT2D eigenvalue weighted by molar-refractivity contribution is 7.98. The summed E-state index contributed by atoms with van der Waals surface area (Å²) in [6.07, 6.45) is 2.37. The van der Waals surface area contributed by atoms with Crippen molar-refractivity contribution < 1.29 is 14.4 Å². The van der Waals surface area contributed by atoms with E-state index < -0.39 is 12.1 Å². The van der Waals surface area contributed by atoms with Crippen molar-refractivity contribution in [3.63, 3.8) is 0 Å². The predicted molar refractivity (Wildman–Crippen MR) is 126 cm³/mol. The molecule has 0 fully saturated rings. The Morgan fingerprint density at radius 3 is 2.74 bits per heavy atom. The number of fused-ring (bicyclic) bond motifs is 1. The van der Waals surface area contributed by atoms with Crippen LogP contribution in [0.3, 0.4) is 0 Å². The summed E-state index contributed by atoms with van der Waals surface area (Å²) >= 11 is 13.7. The minimum Gasteiger partial charge on any atom is -0.350 e. The van der Waals surface area contributed by atoms with Gasteiger partial charge >= 0.3 is 6.03 Å². The van der Waals surface area contributed by atoms with Crippen molar-refractivity contribution in [2.75, 3.05) is 28.8 Å². The van der Waals surface area contributed by atoms with Crippen LogP contribution >= 0.6 is 35.0 Å². The fraction of sp³-hybridized carbons (Fsp3) is 0.286. The third-order valence-corrected chi connectivity index (χ3v) is 5.94. The number of halogens is 2. The lowest BCUT2D eigenvalue weighted by atomic mass is 10.1. The Kier molecular flexibility index (Phi) is 8.06. The molecule has 7 nitrogen and oxygen atoms in total. The van der Waals surface area contributed by atoms with Gasteiger partial charge < -0.3 is 16.0 Å². The molecule has 3 rings (SSSR count). The number of benzene rings is 2. The molecule has 2 aromatic carbocycles. The van der Waals surface area contributed by atoms with Crippen LogP contribution in [-0.4, -0.2) is 42.4 Å². The van der Waals surface area contributed by atoms with E-state index in [4.69, 9.17) is 23.2 Å². The Bertz CT molecular complexity index is 989. The molecule has 0 radical (unpaired) electrons. The molecule has 31 heavy (non-hydrogen) atoms. The first-order valence-corrected chi connectivity index (χ1v) is 11.7. The Morgan fingerprint density at radius 1 is 1.23 bits per heavy atom. The van der Waals surface area contributed by atoms with Gasteiger partial charge in [-0.1, -0.05) is 41.4 Å². The van der Waals surface area contributed by atoms with Gasteiger partial charge in [0.25, 0.3) is 0 Å². The van der Waals surface area contributed by atoms with E-state index in [1.165, 1.54) is 4.90 Å². The van der Waals surface area contributed by atoms with Gasteiger partial charge in [-0.15, -0.1) is 0 Å². The van der Waals surface area contributed by atoms with E-state index in [9.17, 15) is 14.4 Å². The van der Waals surface area contributed by atoms with Gasteiger partial charge in [0.15, 0.2) is 0 Å². The number of para-hydroxylation sites is 2. The number of hydrogen-bond donors (Lipinski definition) is 3. The number of nitrogens with zero attached hydrogens (tertiary/aromatic N) is 1. The van der Waals surface area contributed by atoms with Crippen LogP contribution < -0.4 is 20.9 Å². The molecule has 164 valence electrons. The van der Waals surface area contributed by atoms with E-state index in [1.54, 1.807) is 54.2 Å². The minimum absolute atomic E-state index is 0.125. The third-order valence-electron chi connectivity index (χ3n) is 4.71. The first-order valence-electron chi connectivity index (χ1n) is 9.56. The molecule has 4 amide bonds. The molecule has 10 heteroatoms. The van der Waals surface area contributed by atoms with Gasteiger partial charge in [0, 0.05) is 16.6 Å². The third kappa shape index (κ3) is 6.06. The van der Waals surface area contributed by atoms with E-state index in [0.29, 0.717) is 33.6 Å². The summed E-state index contributed by atoms with van der Waals surface area (Å²) in [5, 5.41) is 9.29. The van der Waals surface area contributed by atoms with Crippen molar-refractivity contribution in [1.82, 2.24) is 10.6 Å². The van der Waals surface area contributed by atoms with Gasteiger partial charge in [0.1, 0.15) is 12.6 Å². The summed E-state index contributed by atoms with van der Waals surface area (Å²) in [4.78, 5) is 39.1. The van der Waals surface area contributed by atoms with Crippen molar-refractivity contribution in [3.8, 4) is 0 Å². The molecule has 1 heterocycles. The summed E-state index contributed by atoms with van der Waals surface area (Å²) in [6.45, 7) is 0.0789. The smallest absolute Gasteiger partial charge is 0.323 e. The lowest BCUT2D eigenvalue weighted by Gasteiger charge is -2.30. The minimum atomic E-state index is -0.761. The highest BCUT2D eigenvalue weighted by atomic mass is 35.5. The van der Waals surface area contributed by atoms with Crippen molar-refractivity contribution in [1.29, 1.82) is 0 Å². The maximum Gasteiger partial charge on any atom is 0.323 e. The number of hydrogen-bond acceptors (Lipinski definition) is 4. The molecule has 2 aromatic rings. The number of thioether (sulfide) groups is 1. The van der Waals surface area contributed by atoms with Crippen molar-refractivity contribution >= 4 is 64.2 Å². The van der Waals surface area contributed by atoms with Crippen LogP contribution in [0.1, 0.15) is 12.0 Å². The lowest BCUT2D eigenvalue weighted by molar-refractivity contribution is -0.123. The molecule has 0 unspecified atom stereocenters. The number of anilines is 2. The summed E-state index contributed by atoms with van der Waals surface area (Å²) < 4.78 is 0. The van der Waals surface area contributed by atoms with E-state index in [1.807, 2.05) is 6.26 Å². The van der Waals surface area contributed by atoms with Crippen LogP contribution in [0, 0.1) is 0 Å². The zero-order chi connectivity index (χ0) is 22.4. The van der Waals surface area contributed by atoms with Crippen LogP contribution in [0.4, 0.5) is 16.2 Å². The van der Waals surface area contributed by atoms with Crippen molar-refractivity contribution in [2.45, 2.75) is 19.0 Å². The molecule has 0 bridgehead atoms. The van der Waals surface area contributed by atoms with Crippen LogP contribution in [-0.2, 0) is 16.1 Å². The quantitative estimate of drug-likeness (QED) is 0.560. The number of carbonyl (C=O) groups is 3. The molecule has 1 aliphatic rings. The Hall–Kier alpha value is -2.42. The number of nitrogens with one attached hydrogen (secondary N) is 3. The molecule has 3 N–H and O–H groups in total. The van der Waals surface area contributed by atoms with Crippen LogP contribution in [0.5, 0.6) is 0 Å². The number of urea groups is 1. The van der Waals surface area contributed by atoms with Gasteiger partial charge in [-0.3, -0.25) is 14.5 Å². The SMILES string of the molecule is CSCC[C@H](NC(=O)N1CC(=O)Nc2ccccc21)C(=O)NCc1ccc(Cl)cc1Cl. The lowest BCUT2D eigenvalue weighted by Crippen LogP contribution is -2.54. The second-order valence-electron chi connectivity index (χ2n) is 6.89. The summed E-state index contributed by atoms with van der Waals surface area (Å²) in [5.74, 6) is 0.0523. The fourth-order valence-electron chi connectivity index (χ4n) is 3.12. The molecule has 1 atom stereocenters. The van der Waals surface area contributed by atoms with Gasteiger partial charge in [0.2, 0.25) is 11.8 Å². The molecule has 0 saturated heterocycles. The van der Waals surface area contributed by atoms with Crippen molar-refractivity contribution in [3.05, 3.63) is 58.1 Å². The first kappa shape index (κ1) is 23.2. The second-order valence-corrected chi connectivity index (χ2v) is 8.72. The predicted octanol–water partition coefficient (Wildman–Crippen LogP) is 3.90. The summed E-state index contributed by atoms with van der Waals surface area (Å²) in [7, 11) is 0. The highest BCUT2D eigenvalue weighted by Crippen LogP contribution is 2.29. The maximum absolute atomic E-state index is 13.0. The van der Waals surface area contributed by atoms with Gasteiger partial charge in [-0.25, -0.2) is 4.79 Å². The Balaban J connectivity index is 1.69. The van der Waals surface area contributed by atoms with E-state index in [0.717, 1.165) is 5.56 Å². The van der Waals surface area contributed by atoms with Crippen molar-refractivity contribution in [2.24, 2.45) is 0 Å². The largest absolute Gasteiger partial charge is 0.350 e. The summed E-state index contributed by atoms with van der Waals surface area (Å²) in [6, 6.07) is 10.8. The standard InChI is InChI=1S/C21H22Cl2N4O3S/c1-31-9-8-17(20(29)24-11-13-6-7-14(22)10-15(13)23)26-21(30)27-12-19(28)25-16-4-2-3-5-18(16)27/h2-7,10,17H,8-9,11-12H2,1H3,(H,24,29)(H,25,28)(H,26,30)/t17-/m0/s1. The molecular formula is C21H22Cl2N4O3S. The molecule has 0 aromatic heterocycles. The van der Waals surface area contributed by atoms with Crippen LogP contribution in [0.2, 0.25) is 10.0 Å². The van der Waals surface area contributed by atoms with Gasteiger partial charge in [0.05, 0.1) is 11.4 Å². The average molecular weight is 481 g/mol. The summed E-state index contributed by atoms with van der Waals surface area (Å²) in [5.41, 5.74) is 1.85. The monoisotopic (exact) mass is 480 g/mol. The number of amides is 4. The fourth-order valence-corrected chi connectivity index (χ4v) is 4.06. The second kappa shape index (κ2) is 10.7. The maximum atomic E-state index is 13.0. The van der Waals surface area contributed by atoms with Crippen LogP contribution in [0.25, 0.3) is 0 Å². The molecule has 0 spiro atoms. The highest BCUT2D eigenvalue weighted by Gasteiger charge is 2.29. The van der Waals surface area contributed by atoms with E-state index in [-0.39, 0.29) is 24.9 Å². The zero-order valence-corrected chi connectivity index (χ0v) is 19.1. The van der Waals surface area contributed by atoms with Crippen LogP contribution in [0.15, 0.2) is 42.5 Å². The average Bonchev–Trinajstić information content (AvgIpc) is 2.75. The van der Waals surface area contributed by atoms with E-state index >= 15 is 0 Å². The number of carbonyl (C=O) groups excluding carboxylic acids is 3. The topological polar surface area (TPSA) is 90.5 Å². The van der Waals surface area contributed by atoms with Gasteiger partial charge in [-0.05, 0) is 48.3 Å². The Labute approximate surface area is 194 Å². The number of rotatable bonds is 7. The van der Waals surface area contributed by atoms with E-state index in [2.05, 4.69) is 16.0 Å². The van der Waals surface area contributed by atoms with Gasteiger partial charge in [-0.2, -0.15) is 11.8 Å². The first-order chi connectivity index (χ1) is 14.9. The normalized spacial score (nSPS) is 13.8.